The van der Waals surface area contributed by atoms with E-state index in [-0.39, 0.29) is 60.9 Å². The van der Waals surface area contributed by atoms with E-state index in [0.717, 1.165) is 43.3 Å². The van der Waals surface area contributed by atoms with Crippen LogP contribution in [0.4, 0.5) is 34.1 Å². The van der Waals surface area contributed by atoms with Crippen LogP contribution in [0.5, 0.6) is 0 Å². The highest BCUT2D eigenvalue weighted by Crippen LogP contribution is 2.61. The van der Waals surface area contributed by atoms with Crippen molar-refractivity contribution < 1.29 is 4.42 Å². The first-order valence-electron chi connectivity index (χ1n) is 36.6. The fraction of sp³-hybridized carbons (Fsp3) is 0.444. The first kappa shape index (κ1) is 61.4. The maximum Gasteiger partial charge on any atom is 0.297 e. The van der Waals surface area contributed by atoms with Crippen LogP contribution in [0.1, 0.15) is 258 Å². The molecule has 4 nitrogen and oxygen atoms in total. The van der Waals surface area contributed by atoms with Crippen molar-refractivity contribution in [2.24, 2.45) is 0 Å². The van der Waals surface area contributed by atoms with E-state index in [1.54, 1.807) is 0 Å². The average molecular weight is 1250 g/mol. The maximum absolute atomic E-state index is 8.18. The molecule has 0 unspecified atom stereocenters. The quantitative estimate of drug-likeness (QED) is 0.164. The van der Waals surface area contributed by atoms with Gasteiger partial charge in [-0.15, -0.1) is 0 Å². The van der Waals surface area contributed by atoms with Crippen molar-refractivity contribution in [1.29, 1.82) is 0 Å². The molecule has 0 amide bonds. The molecule has 0 atom stereocenters. The summed E-state index contributed by atoms with van der Waals surface area (Å²) in [5, 5.41) is 3.79. The van der Waals surface area contributed by atoms with Crippen molar-refractivity contribution in [2.75, 3.05) is 9.80 Å². The van der Waals surface area contributed by atoms with Crippen LogP contribution in [0, 0.1) is 0 Å². The van der Waals surface area contributed by atoms with Gasteiger partial charge in [0.15, 0.2) is 0 Å². The Morgan fingerprint density at radius 2 is 0.832 bits per heavy atom. The highest BCUT2D eigenvalue weighted by molar-refractivity contribution is 7.00. The minimum absolute atomic E-state index is 0.0148. The SMILES string of the molecule is CC(C)(C)c1ccc2c3ccc(C(C)(C)C)cc3n(-c3cc4c5c(c3)N(c3cc6c(cc3-c3ccccc3)C(C)(C)CCC6(C)C)c3c(oc6cc7c(cc36)C3(C)CCC7(C)CC3)B5c3cc5c(cc3N4c3ccc4c(c3)C(C)(C)CCC4(C)C)C(C)(C)CCC5(C)C)c2c1. The number of furan rings is 1. The summed E-state index contributed by atoms with van der Waals surface area (Å²) in [6.45, 7) is 49.2. The Hall–Kier alpha value is -7.24. The van der Waals surface area contributed by atoms with Crippen molar-refractivity contribution in [3.8, 4) is 16.8 Å². The highest BCUT2D eigenvalue weighted by atomic mass is 16.3. The topological polar surface area (TPSA) is 24.6 Å². The molecular formula is C90H102BN3O. The zero-order chi connectivity index (χ0) is 66.8. The van der Waals surface area contributed by atoms with E-state index in [2.05, 4.69) is 286 Å². The third-order valence-electron chi connectivity index (χ3n) is 26.7. The molecule has 10 aromatic rings. The molecule has 0 saturated heterocycles. The maximum atomic E-state index is 8.18. The summed E-state index contributed by atoms with van der Waals surface area (Å²) in [6.07, 6.45) is 11.7. The highest BCUT2D eigenvalue weighted by Gasteiger charge is 2.53. The van der Waals surface area contributed by atoms with Crippen LogP contribution in [-0.4, -0.2) is 11.3 Å². The van der Waals surface area contributed by atoms with E-state index in [1.165, 1.54) is 177 Å². The number of benzene rings is 8. The lowest BCUT2D eigenvalue weighted by Gasteiger charge is -2.52. The lowest BCUT2D eigenvalue weighted by atomic mass is 9.35. The van der Waals surface area contributed by atoms with Gasteiger partial charge < -0.3 is 18.8 Å². The monoisotopic (exact) mass is 1250 g/mol. The number of hydrogen-bond donors (Lipinski definition) is 0. The van der Waals surface area contributed by atoms with Crippen LogP contribution in [0.2, 0.25) is 0 Å². The Bertz CT molecular complexity index is 4900. The van der Waals surface area contributed by atoms with Gasteiger partial charge in [0.05, 0.1) is 33.8 Å². The average Bonchev–Trinajstić information content (AvgIpc) is 1.66. The van der Waals surface area contributed by atoms with Crippen molar-refractivity contribution in [2.45, 2.75) is 257 Å². The Kier molecular flexibility index (Phi) is 12.5. The zero-order valence-electron chi connectivity index (χ0n) is 61.1. The van der Waals surface area contributed by atoms with Crippen LogP contribution in [0.15, 0.2) is 138 Å². The smallest absolute Gasteiger partial charge is 0.297 e. The Morgan fingerprint density at radius 1 is 0.368 bits per heavy atom. The molecule has 2 bridgehead atoms. The van der Waals surface area contributed by atoms with Gasteiger partial charge in [0.1, 0.15) is 5.58 Å². The molecule has 0 N–H and O–H groups in total. The molecule has 2 aliphatic heterocycles. The lowest BCUT2D eigenvalue weighted by Crippen LogP contribution is -2.61. The van der Waals surface area contributed by atoms with Gasteiger partial charge in [0.25, 0.3) is 6.71 Å². The van der Waals surface area contributed by atoms with E-state index in [9.17, 15) is 0 Å². The van der Waals surface area contributed by atoms with E-state index < -0.39 is 0 Å². The van der Waals surface area contributed by atoms with Crippen LogP contribution < -0.4 is 26.4 Å². The normalized spacial score (nSPS) is 22.8. The van der Waals surface area contributed by atoms with Crippen molar-refractivity contribution >= 4 is 90.2 Å². The van der Waals surface area contributed by atoms with Gasteiger partial charge in [-0.05, 0) is 257 Å². The third kappa shape index (κ3) is 8.76. The predicted molar refractivity (Wildman–Crippen MR) is 406 cm³/mol. The predicted octanol–water partition coefficient (Wildman–Crippen LogP) is 23.0. The minimum Gasteiger partial charge on any atom is -0.468 e. The van der Waals surface area contributed by atoms with Crippen LogP contribution in [0.25, 0.3) is 49.6 Å². The molecule has 2 aromatic heterocycles. The summed E-state index contributed by atoms with van der Waals surface area (Å²) in [7, 11) is 0. The zero-order valence-corrected chi connectivity index (χ0v) is 61.1. The van der Waals surface area contributed by atoms with Gasteiger partial charge in [-0.2, -0.15) is 0 Å². The summed E-state index contributed by atoms with van der Waals surface area (Å²) in [5.41, 5.74) is 32.7. The van der Waals surface area contributed by atoms with E-state index in [1.807, 2.05) is 0 Å². The van der Waals surface area contributed by atoms with Gasteiger partial charge in [-0.3, -0.25) is 0 Å². The summed E-state index contributed by atoms with van der Waals surface area (Å²) in [5.74, 6) is 0. The Balaban J connectivity index is 1.09. The second-order valence-electron chi connectivity index (χ2n) is 37.9. The molecule has 486 valence electrons. The Labute approximate surface area is 568 Å². The molecule has 4 heterocycles. The number of nitrogens with zero attached hydrogens (tertiary/aromatic N) is 3. The number of hydrogen-bond acceptors (Lipinski definition) is 3. The van der Waals surface area contributed by atoms with Crippen molar-refractivity contribution in [3.05, 3.63) is 189 Å². The van der Waals surface area contributed by atoms with Gasteiger partial charge in [0, 0.05) is 44.5 Å². The number of rotatable bonds is 4. The van der Waals surface area contributed by atoms with Crippen molar-refractivity contribution in [1.82, 2.24) is 4.57 Å². The van der Waals surface area contributed by atoms with Gasteiger partial charge in [0.2, 0.25) is 0 Å². The standard InChI is InChI=1S/C90H102BN3O/c1-81(2,3)54-26-29-58-59-30-27-55(82(4,5)6)43-72(59)93(71(58)42-54)57-45-75-78-76(46-57)94(73-50-66-64(85(11,12)34-36-87(66,15)16)47-60(73)53-24-22-21-23-25-53)79-61-48-68-69(90(20)40-38-89(68,19)39-41-90)52-77(61)95-80(79)91(78)70-49-65-67(88(17,18)37-35-86(65,13)14)51-74(70)92(75)56-28-31-62-63(44-56)84(9,10)33-32-83(62,7)8/h21-31,42-52H,32-41H2,1-20H3. The lowest BCUT2D eigenvalue weighted by molar-refractivity contribution is 0.188. The van der Waals surface area contributed by atoms with Crippen LogP contribution in [-0.2, 0) is 54.1 Å². The van der Waals surface area contributed by atoms with Gasteiger partial charge >= 0.3 is 0 Å². The summed E-state index contributed by atoms with van der Waals surface area (Å²) in [4.78, 5) is 5.58. The molecule has 6 aliphatic carbocycles. The van der Waals surface area contributed by atoms with Gasteiger partial charge in [-0.1, -0.05) is 205 Å². The van der Waals surface area contributed by atoms with Crippen LogP contribution in [0.3, 0.4) is 0 Å². The summed E-state index contributed by atoms with van der Waals surface area (Å²) < 4.78 is 10.9. The number of anilines is 6. The van der Waals surface area contributed by atoms with Gasteiger partial charge in [-0.25, -0.2) is 0 Å². The van der Waals surface area contributed by atoms with E-state index in [4.69, 9.17) is 4.42 Å². The van der Waals surface area contributed by atoms with Crippen LogP contribution >= 0.6 is 0 Å². The molecule has 0 radical (unpaired) electrons. The summed E-state index contributed by atoms with van der Waals surface area (Å²) >= 11 is 0. The second-order valence-corrected chi connectivity index (χ2v) is 37.9. The van der Waals surface area contributed by atoms with E-state index in [0.29, 0.717) is 0 Å². The first-order valence-corrected chi connectivity index (χ1v) is 36.6. The van der Waals surface area contributed by atoms with E-state index >= 15 is 0 Å². The minimum atomic E-state index is -0.232. The molecule has 18 rings (SSSR count). The Morgan fingerprint density at radius 3 is 1.36 bits per heavy atom. The molecular weight excluding hydrogens is 1150 g/mol. The summed E-state index contributed by atoms with van der Waals surface area (Å²) in [6, 6.07) is 55.2. The number of fused-ring (bicyclic) bond motifs is 14. The molecule has 1 fully saturated rings. The molecule has 8 aliphatic rings. The molecule has 8 aromatic carbocycles. The fourth-order valence-corrected chi connectivity index (χ4v) is 19.7. The van der Waals surface area contributed by atoms with Crippen molar-refractivity contribution in [3.63, 3.8) is 0 Å². The second kappa shape index (κ2) is 19.3. The largest absolute Gasteiger partial charge is 0.468 e. The molecule has 1 saturated carbocycles. The molecule has 95 heavy (non-hydrogen) atoms. The first-order chi connectivity index (χ1) is 44.5. The fourth-order valence-electron chi connectivity index (χ4n) is 19.7. The molecule has 5 heteroatoms. The molecule has 0 spiro atoms. The third-order valence-corrected chi connectivity index (χ3v) is 26.7. The number of aromatic nitrogens is 1.